The zero-order chi connectivity index (χ0) is 12.4. The summed E-state index contributed by atoms with van der Waals surface area (Å²) in [6.45, 7) is 0. The lowest BCUT2D eigenvalue weighted by Crippen LogP contribution is -1.87. The quantitative estimate of drug-likeness (QED) is 0.470. The van der Waals surface area contributed by atoms with Crippen LogP contribution in [0.4, 0.5) is 0 Å². The molecule has 2 aromatic rings. The average molecular weight is 486 g/mol. The van der Waals surface area contributed by atoms with Gasteiger partial charge < -0.3 is 4.74 Å². The SMILES string of the molecule is Brc1ccc(Br)c(Oc2cccc(Br)c2Br)c1. The Labute approximate surface area is 133 Å². The lowest BCUT2D eigenvalue weighted by molar-refractivity contribution is 0.476. The second-order valence-electron chi connectivity index (χ2n) is 3.23. The minimum atomic E-state index is 0.762. The van der Waals surface area contributed by atoms with E-state index in [9.17, 15) is 0 Å². The molecule has 0 bridgehead atoms. The van der Waals surface area contributed by atoms with Gasteiger partial charge in [0, 0.05) is 8.95 Å². The second kappa shape index (κ2) is 5.87. The van der Waals surface area contributed by atoms with Crippen molar-refractivity contribution in [3.8, 4) is 11.5 Å². The minimum Gasteiger partial charge on any atom is -0.455 e. The molecule has 2 rings (SSSR count). The van der Waals surface area contributed by atoms with Gasteiger partial charge in [-0.1, -0.05) is 22.0 Å². The first-order chi connectivity index (χ1) is 8.08. The second-order valence-corrected chi connectivity index (χ2v) is 6.65. The number of rotatable bonds is 2. The first-order valence-electron chi connectivity index (χ1n) is 4.65. The van der Waals surface area contributed by atoms with E-state index >= 15 is 0 Å². The highest BCUT2D eigenvalue weighted by Gasteiger charge is 2.08. The summed E-state index contributed by atoms with van der Waals surface area (Å²) < 4.78 is 9.59. The van der Waals surface area contributed by atoms with E-state index in [2.05, 4.69) is 63.7 Å². The van der Waals surface area contributed by atoms with Crippen LogP contribution in [-0.4, -0.2) is 0 Å². The zero-order valence-corrected chi connectivity index (χ0v) is 14.7. The third kappa shape index (κ3) is 3.34. The van der Waals surface area contributed by atoms with Gasteiger partial charge in [0.2, 0.25) is 0 Å². The highest BCUT2D eigenvalue weighted by atomic mass is 79.9. The fourth-order valence-electron chi connectivity index (χ4n) is 1.24. The molecule has 0 saturated heterocycles. The predicted octanol–water partition coefficient (Wildman–Crippen LogP) is 6.53. The smallest absolute Gasteiger partial charge is 0.142 e. The van der Waals surface area contributed by atoms with E-state index in [1.165, 1.54) is 0 Å². The molecule has 0 saturated carbocycles. The standard InChI is InChI=1S/C12H6Br4O/c13-7-4-5-8(14)11(6-7)17-10-3-1-2-9(15)12(10)16/h1-6H. The topological polar surface area (TPSA) is 9.23 Å². The molecule has 0 atom stereocenters. The summed E-state index contributed by atoms with van der Waals surface area (Å²) in [7, 11) is 0. The van der Waals surface area contributed by atoms with E-state index < -0.39 is 0 Å². The van der Waals surface area contributed by atoms with Gasteiger partial charge >= 0.3 is 0 Å². The van der Waals surface area contributed by atoms with Crippen LogP contribution in [0.5, 0.6) is 11.5 Å². The Bertz CT molecular complexity index is 554. The lowest BCUT2D eigenvalue weighted by atomic mass is 10.3. The Morgan fingerprint density at radius 1 is 0.765 bits per heavy atom. The molecule has 0 amide bonds. The molecule has 2 aromatic carbocycles. The molecule has 0 radical (unpaired) electrons. The molecule has 0 N–H and O–H groups in total. The molecular weight excluding hydrogens is 480 g/mol. The maximum absolute atomic E-state index is 5.85. The number of hydrogen-bond acceptors (Lipinski definition) is 1. The van der Waals surface area contributed by atoms with E-state index in [1.54, 1.807) is 0 Å². The fraction of sp³-hybridized carbons (Fsp3) is 0. The maximum Gasteiger partial charge on any atom is 0.142 e. The Balaban J connectivity index is 2.38. The van der Waals surface area contributed by atoms with E-state index in [1.807, 2.05) is 36.4 Å². The van der Waals surface area contributed by atoms with Crippen molar-refractivity contribution in [3.63, 3.8) is 0 Å². The van der Waals surface area contributed by atoms with Crippen LogP contribution in [0.15, 0.2) is 54.3 Å². The number of hydrogen-bond donors (Lipinski definition) is 0. The van der Waals surface area contributed by atoms with Crippen molar-refractivity contribution in [1.82, 2.24) is 0 Å². The van der Waals surface area contributed by atoms with E-state index in [0.29, 0.717) is 0 Å². The van der Waals surface area contributed by atoms with Crippen molar-refractivity contribution in [2.45, 2.75) is 0 Å². The molecular formula is C12H6Br4O. The summed E-state index contributed by atoms with van der Waals surface area (Å²) in [5, 5.41) is 0. The molecule has 88 valence electrons. The molecule has 0 heterocycles. The van der Waals surface area contributed by atoms with Crippen molar-refractivity contribution in [2.75, 3.05) is 0 Å². The van der Waals surface area contributed by atoms with Crippen LogP contribution in [0.1, 0.15) is 0 Å². The normalized spacial score (nSPS) is 10.4. The summed E-state index contributed by atoms with van der Waals surface area (Å²) in [4.78, 5) is 0. The number of benzene rings is 2. The largest absolute Gasteiger partial charge is 0.455 e. The van der Waals surface area contributed by atoms with E-state index in [-0.39, 0.29) is 0 Å². The average Bonchev–Trinajstić information content (AvgIpc) is 2.30. The van der Waals surface area contributed by atoms with Crippen LogP contribution in [0.2, 0.25) is 0 Å². The van der Waals surface area contributed by atoms with Gasteiger partial charge in [0.05, 0.1) is 8.95 Å². The van der Waals surface area contributed by atoms with Crippen molar-refractivity contribution in [2.24, 2.45) is 0 Å². The van der Waals surface area contributed by atoms with E-state index in [4.69, 9.17) is 4.74 Å². The molecule has 0 spiro atoms. The Morgan fingerprint density at radius 2 is 1.53 bits per heavy atom. The van der Waals surface area contributed by atoms with Gasteiger partial charge in [-0.25, -0.2) is 0 Å². The van der Waals surface area contributed by atoms with Crippen LogP contribution in [0.25, 0.3) is 0 Å². The van der Waals surface area contributed by atoms with Gasteiger partial charge in [-0.15, -0.1) is 0 Å². The zero-order valence-electron chi connectivity index (χ0n) is 8.38. The van der Waals surface area contributed by atoms with Gasteiger partial charge in [0.25, 0.3) is 0 Å². The number of ether oxygens (including phenoxy) is 1. The van der Waals surface area contributed by atoms with Crippen molar-refractivity contribution >= 4 is 63.7 Å². The van der Waals surface area contributed by atoms with Crippen LogP contribution in [0.3, 0.4) is 0 Å². The Morgan fingerprint density at radius 3 is 2.29 bits per heavy atom. The van der Waals surface area contributed by atoms with Crippen LogP contribution in [0, 0.1) is 0 Å². The monoisotopic (exact) mass is 482 g/mol. The third-order valence-electron chi connectivity index (χ3n) is 2.03. The molecule has 1 nitrogen and oxygen atoms in total. The minimum absolute atomic E-state index is 0.762. The molecule has 0 aliphatic carbocycles. The van der Waals surface area contributed by atoms with Crippen molar-refractivity contribution in [3.05, 3.63) is 54.3 Å². The molecule has 0 aromatic heterocycles. The first kappa shape index (κ1) is 13.6. The predicted molar refractivity (Wildman–Crippen MR) is 83.8 cm³/mol. The lowest BCUT2D eigenvalue weighted by Gasteiger charge is -2.10. The first-order valence-corrected chi connectivity index (χ1v) is 7.82. The molecule has 17 heavy (non-hydrogen) atoms. The molecule has 0 aliphatic heterocycles. The van der Waals surface area contributed by atoms with E-state index in [0.717, 1.165) is 29.4 Å². The summed E-state index contributed by atoms with van der Waals surface area (Å²) >= 11 is 13.8. The highest BCUT2D eigenvalue weighted by Crippen LogP contribution is 2.38. The van der Waals surface area contributed by atoms with Crippen LogP contribution in [-0.2, 0) is 0 Å². The summed E-state index contributed by atoms with van der Waals surface area (Å²) in [6.07, 6.45) is 0. The maximum atomic E-state index is 5.85. The van der Waals surface area contributed by atoms with Gasteiger partial charge in [-0.3, -0.25) is 0 Å². The van der Waals surface area contributed by atoms with Gasteiger partial charge in [-0.2, -0.15) is 0 Å². The highest BCUT2D eigenvalue weighted by molar-refractivity contribution is 9.13. The summed E-state index contributed by atoms with van der Waals surface area (Å²) in [6, 6.07) is 11.6. The van der Waals surface area contributed by atoms with Crippen LogP contribution >= 0.6 is 63.7 Å². The van der Waals surface area contributed by atoms with Crippen molar-refractivity contribution < 1.29 is 4.74 Å². The van der Waals surface area contributed by atoms with Gasteiger partial charge in [-0.05, 0) is 78.1 Å². The Hall–Kier alpha value is 0.160. The van der Waals surface area contributed by atoms with Gasteiger partial charge in [0.15, 0.2) is 0 Å². The van der Waals surface area contributed by atoms with Crippen LogP contribution < -0.4 is 4.74 Å². The van der Waals surface area contributed by atoms with Gasteiger partial charge in [0.1, 0.15) is 11.5 Å². The molecule has 0 unspecified atom stereocenters. The summed E-state index contributed by atoms with van der Waals surface area (Å²) in [5.74, 6) is 1.52. The number of halogens is 4. The molecule has 0 fully saturated rings. The Kier molecular flexibility index (Phi) is 4.69. The van der Waals surface area contributed by atoms with Crippen molar-refractivity contribution in [1.29, 1.82) is 0 Å². The molecule has 5 heteroatoms. The summed E-state index contributed by atoms with van der Waals surface area (Å²) in [5.41, 5.74) is 0. The third-order valence-corrected chi connectivity index (χ3v) is 5.19. The molecule has 0 aliphatic rings. The fourth-order valence-corrected chi connectivity index (χ4v) is 2.60.